The molecule has 0 aliphatic rings. The lowest BCUT2D eigenvalue weighted by Crippen LogP contribution is -2.29. The number of rotatable bonds is 4. The quantitative estimate of drug-likeness (QED) is 0.490. The van der Waals surface area contributed by atoms with Crippen molar-refractivity contribution in [2.24, 2.45) is 0 Å². The summed E-state index contributed by atoms with van der Waals surface area (Å²) in [6.45, 7) is 1.93. The van der Waals surface area contributed by atoms with Crippen LogP contribution in [0.3, 0.4) is 0 Å². The predicted octanol–water partition coefficient (Wildman–Crippen LogP) is 4.19. The van der Waals surface area contributed by atoms with Crippen LogP contribution in [0.4, 0.5) is 5.82 Å². The van der Waals surface area contributed by atoms with Crippen LogP contribution in [0, 0.1) is 6.92 Å². The number of benzene rings is 2. The molecule has 0 aliphatic heterocycles. The van der Waals surface area contributed by atoms with Gasteiger partial charge in [-0.2, -0.15) is 5.10 Å². The molecule has 0 saturated carbocycles. The van der Waals surface area contributed by atoms with Crippen LogP contribution in [0.5, 0.6) is 0 Å². The number of aryl methyl sites for hydroxylation is 1. The monoisotopic (exact) mass is 412 g/mol. The number of amides is 1. The third-order valence-electron chi connectivity index (χ3n) is 4.17. The molecule has 1 amide bonds. The van der Waals surface area contributed by atoms with Crippen molar-refractivity contribution in [3.05, 3.63) is 76.2 Å². The van der Waals surface area contributed by atoms with E-state index < -0.39 is 0 Å². The van der Waals surface area contributed by atoms with Gasteiger partial charge in [0.05, 0.1) is 17.3 Å². The van der Waals surface area contributed by atoms with Crippen molar-refractivity contribution in [1.29, 1.82) is 0 Å². The number of nitrogens with zero attached hydrogens (tertiary/aromatic N) is 4. The van der Waals surface area contributed by atoms with E-state index in [0.717, 1.165) is 11.3 Å². The largest absolute Gasteiger partial charge is 0.281 e. The molecule has 0 bridgehead atoms. The van der Waals surface area contributed by atoms with E-state index in [1.165, 1.54) is 6.33 Å². The van der Waals surface area contributed by atoms with Gasteiger partial charge in [0.15, 0.2) is 11.5 Å². The Bertz CT molecular complexity index is 1170. The zero-order valence-electron chi connectivity index (χ0n) is 14.6. The van der Waals surface area contributed by atoms with Crippen LogP contribution >= 0.6 is 23.2 Å². The second-order valence-corrected chi connectivity index (χ2v) is 6.88. The highest BCUT2D eigenvalue weighted by Gasteiger charge is 2.13. The first-order valence-corrected chi connectivity index (χ1v) is 9.06. The molecule has 2 N–H and O–H groups in total. The Morgan fingerprint density at radius 3 is 2.61 bits per heavy atom. The number of hydrogen-bond acceptors (Lipinski definition) is 5. The Kier molecular flexibility index (Phi) is 4.85. The molecule has 2 aromatic heterocycles. The third-order valence-corrected chi connectivity index (χ3v) is 4.83. The summed E-state index contributed by atoms with van der Waals surface area (Å²) in [5, 5.41) is 6.23. The van der Waals surface area contributed by atoms with E-state index in [0.29, 0.717) is 32.5 Å². The highest BCUT2D eigenvalue weighted by molar-refractivity contribution is 6.31. The number of aromatic nitrogens is 4. The normalized spacial score (nSPS) is 10.8. The summed E-state index contributed by atoms with van der Waals surface area (Å²) in [5.74, 6) is 0.109. The molecule has 2 aromatic carbocycles. The number of hydrogen-bond donors (Lipinski definition) is 2. The molecule has 0 aliphatic carbocycles. The van der Waals surface area contributed by atoms with Gasteiger partial charge in [0.25, 0.3) is 5.91 Å². The topological polar surface area (TPSA) is 84.7 Å². The van der Waals surface area contributed by atoms with Gasteiger partial charge in [-0.05, 0) is 48.9 Å². The first-order valence-electron chi connectivity index (χ1n) is 8.30. The molecule has 28 heavy (non-hydrogen) atoms. The van der Waals surface area contributed by atoms with Crippen LogP contribution in [-0.2, 0) is 0 Å². The molecule has 0 radical (unpaired) electrons. The summed E-state index contributed by atoms with van der Waals surface area (Å²) < 4.78 is 1.66. The van der Waals surface area contributed by atoms with E-state index in [4.69, 9.17) is 23.2 Å². The summed E-state index contributed by atoms with van der Waals surface area (Å²) in [7, 11) is 0. The molecule has 0 saturated heterocycles. The van der Waals surface area contributed by atoms with Gasteiger partial charge in [0.1, 0.15) is 6.33 Å². The van der Waals surface area contributed by atoms with E-state index in [9.17, 15) is 4.79 Å². The van der Waals surface area contributed by atoms with E-state index in [-0.39, 0.29) is 5.91 Å². The smallest absolute Gasteiger partial charge is 0.269 e. The van der Waals surface area contributed by atoms with Crippen molar-refractivity contribution in [2.45, 2.75) is 6.92 Å². The minimum Gasteiger partial charge on any atom is -0.281 e. The lowest BCUT2D eigenvalue weighted by molar-refractivity contribution is 0.0962. The molecule has 4 aromatic rings. The van der Waals surface area contributed by atoms with Crippen LogP contribution in [0.25, 0.3) is 16.7 Å². The first-order chi connectivity index (χ1) is 13.5. The van der Waals surface area contributed by atoms with Crippen molar-refractivity contribution in [3.8, 4) is 5.69 Å². The molecule has 7 nitrogen and oxygen atoms in total. The minimum atomic E-state index is -0.318. The standard InChI is InChI=1S/C19H14Cl2N6O/c1-11-2-7-14(8-16(11)21)27-18-15(9-24-27)17(22-10-23-18)25-26-19(28)12-3-5-13(20)6-4-12/h2-10H,1H3,(H,26,28)(H,22,23,25). The molecular formula is C19H14Cl2N6O. The second kappa shape index (κ2) is 7.46. The second-order valence-electron chi connectivity index (χ2n) is 6.04. The third kappa shape index (κ3) is 3.49. The average molecular weight is 413 g/mol. The fraction of sp³-hybridized carbons (Fsp3) is 0.0526. The van der Waals surface area contributed by atoms with E-state index in [2.05, 4.69) is 25.9 Å². The molecule has 0 unspecified atom stereocenters. The van der Waals surface area contributed by atoms with Crippen molar-refractivity contribution in [3.63, 3.8) is 0 Å². The van der Waals surface area contributed by atoms with Crippen LogP contribution in [0.1, 0.15) is 15.9 Å². The summed E-state index contributed by atoms with van der Waals surface area (Å²) in [6, 6.07) is 12.2. The molecule has 9 heteroatoms. The lowest BCUT2D eigenvalue weighted by Gasteiger charge is -2.09. The number of hydrazine groups is 1. The maximum absolute atomic E-state index is 12.3. The summed E-state index contributed by atoms with van der Waals surface area (Å²) in [5.41, 5.74) is 8.24. The van der Waals surface area contributed by atoms with Gasteiger partial charge in [0, 0.05) is 15.6 Å². The zero-order chi connectivity index (χ0) is 19.7. The Labute approximate surface area is 170 Å². The summed E-state index contributed by atoms with van der Waals surface area (Å²) >= 11 is 12.1. The Hall–Kier alpha value is -3.16. The SMILES string of the molecule is Cc1ccc(-n2ncc3c(NNC(=O)c4ccc(Cl)cc4)ncnc32)cc1Cl. The maximum atomic E-state index is 12.3. The van der Waals surface area contributed by atoms with Gasteiger partial charge >= 0.3 is 0 Å². The van der Waals surface area contributed by atoms with Gasteiger partial charge in [-0.3, -0.25) is 15.6 Å². The maximum Gasteiger partial charge on any atom is 0.269 e. The number of halogens is 2. The number of carbonyl (C=O) groups is 1. The predicted molar refractivity (Wildman–Crippen MR) is 109 cm³/mol. The van der Waals surface area contributed by atoms with Crippen molar-refractivity contribution < 1.29 is 4.79 Å². The molecule has 0 fully saturated rings. The van der Waals surface area contributed by atoms with Crippen molar-refractivity contribution in [1.82, 2.24) is 25.2 Å². The Balaban J connectivity index is 1.60. The Morgan fingerprint density at radius 1 is 1.07 bits per heavy atom. The number of carbonyl (C=O) groups excluding carboxylic acids is 1. The van der Waals surface area contributed by atoms with Crippen LogP contribution in [0.15, 0.2) is 55.0 Å². The average Bonchev–Trinajstić information content (AvgIpc) is 3.13. The molecule has 140 valence electrons. The van der Waals surface area contributed by atoms with E-state index >= 15 is 0 Å². The lowest BCUT2D eigenvalue weighted by atomic mass is 10.2. The van der Waals surface area contributed by atoms with Gasteiger partial charge < -0.3 is 0 Å². The molecule has 2 heterocycles. The van der Waals surface area contributed by atoms with Crippen molar-refractivity contribution >= 4 is 46.0 Å². The van der Waals surface area contributed by atoms with E-state index in [1.54, 1.807) is 35.1 Å². The molecule has 0 spiro atoms. The van der Waals surface area contributed by atoms with Crippen LogP contribution in [-0.4, -0.2) is 25.7 Å². The first kappa shape index (κ1) is 18.2. The number of nitrogens with one attached hydrogen (secondary N) is 2. The van der Waals surface area contributed by atoms with Gasteiger partial charge in [-0.15, -0.1) is 0 Å². The summed E-state index contributed by atoms with van der Waals surface area (Å²) in [6.07, 6.45) is 3.02. The van der Waals surface area contributed by atoms with Gasteiger partial charge in [-0.1, -0.05) is 29.3 Å². The highest BCUT2D eigenvalue weighted by Crippen LogP contribution is 2.24. The minimum absolute atomic E-state index is 0.318. The fourth-order valence-electron chi connectivity index (χ4n) is 2.64. The number of anilines is 1. The molecule has 0 atom stereocenters. The fourth-order valence-corrected chi connectivity index (χ4v) is 2.94. The Morgan fingerprint density at radius 2 is 1.86 bits per heavy atom. The molecular weight excluding hydrogens is 399 g/mol. The van der Waals surface area contributed by atoms with Crippen LogP contribution in [0.2, 0.25) is 10.0 Å². The summed E-state index contributed by atoms with van der Waals surface area (Å²) in [4.78, 5) is 20.8. The van der Waals surface area contributed by atoms with Crippen molar-refractivity contribution in [2.75, 3.05) is 5.43 Å². The highest BCUT2D eigenvalue weighted by atomic mass is 35.5. The van der Waals surface area contributed by atoms with Crippen LogP contribution < -0.4 is 10.9 Å². The van der Waals surface area contributed by atoms with E-state index in [1.807, 2.05) is 25.1 Å². The zero-order valence-corrected chi connectivity index (χ0v) is 16.2. The number of fused-ring (bicyclic) bond motifs is 1. The molecule has 4 rings (SSSR count). The van der Waals surface area contributed by atoms with Gasteiger partial charge in [0.2, 0.25) is 0 Å². The van der Waals surface area contributed by atoms with Gasteiger partial charge in [-0.25, -0.2) is 14.6 Å².